The van der Waals surface area contributed by atoms with Crippen LogP contribution in [0.1, 0.15) is 16.2 Å². The van der Waals surface area contributed by atoms with Crippen molar-refractivity contribution in [1.29, 1.82) is 0 Å². The highest BCUT2D eigenvalue weighted by molar-refractivity contribution is 7.89. The zero-order chi connectivity index (χ0) is 22.2. The highest BCUT2D eigenvalue weighted by atomic mass is 35.5. The van der Waals surface area contributed by atoms with E-state index in [9.17, 15) is 13.2 Å². The number of aromatic nitrogens is 2. The Labute approximate surface area is 189 Å². The molecule has 8 nitrogen and oxygen atoms in total. The Morgan fingerprint density at radius 1 is 1.00 bits per heavy atom. The molecule has 0 radical (unpaired) electrons. The first-order valence-corrected chi connectivity index (χ1v) is 11.6. The number of rotatable bonds is 4. The summed E-state index contributed by atoms with van der Waals surface area (Å²) in [6, 6.07) is 11.1. The van der Waals surface area contributed by atoms with Gasteiger partial charge < -0.3 is 9.42 Å². The topological polar surface area (TPSA) is 96.6 Å². The van der Waals surface area contributed by atoms with Crippen molar-refractivity contribution in [2.75, 3.05) is 26.2 Å². The summed E-state index contributed by atoms with van der Waals surface area (Å²) in [5.74, 6) is 0.754. The van der Waals surface area contributed by atoms with Gasteiger partial charge >= 0.3 is 0 Å². The summed E-state index contributed by atoms with van der Waals surface area (Å²) >= 11 is 11.8. The summed E-state index contributed by atoms with van der Waals surface area (Å²) in [5, 5.41) is 4.32. The summed E-state index contributed by atoms with van der Waals surface area (Å²) in [5.41, 5.74) is 1.25. The molecule has 1 fully saturated rings. The molecule has 3 aromatic rings. The SMILES string of the molecule is Cc1nc(-c2ccc(C(=O)N3CCN(S(=O)(=O)c4ccc(Cl)c(Cl)c4)CC3)cc2)no1. The van der Waals surface area contributed by atoms with Crippen LogP contribution in [-0.2, 0) is 10.0 Å². The first-order valence-electron chi connectivity index (χ1n) is 9.41. The first-order chi connectivity index (χ1) is 14.8. The minimum atomic E-state index is -3.72. The molecule has 1 amide bonds. The fourth-order valence-corrected chi connectivity index (χ4v) is 5.09. The monoisotopic (exact) mass is 480 g/mol. The van der Waals surface area contributed by atoms with Gasteiger partial charge in [0.1, 0.15) is 0 Å². The number of piperazine rings is 1. The molecule has 1 aromatic heterocycles. The van der Waals surface area contributed by atoms with E-state index < -0.39 is 10.0 Å². The van der Waals surface area contributed by atoms with Crippen LogP contribution in [0.15, 0.2) is 51.9 Å². The number of halogens is 2. The van der Waals surface area contributed by atoms with Crippen LogP contribution in [0.25, 0.3) is 11.4 Å². The van der Waals surface area contributed by atoms with Crippen molar-refractivity contribution in [2.24, 2.45) is 0 Å². The molecule has 11 heteroatoms. The quantitative estimate of drug-likeness (QED) is 0.566. The Morgan fingerprint density at radius 2 is 1.68 bits per heavy atom. The summed E-state index contributed by atoms with van der Waals surface area (Å²) in [6.07, 6.45) is 0. The molecule has 0 spiro atoms. The van der Waals surface area contributed by atoms with E-state index in [-0.39, 0.29) is 47.0 Å². The molecule has 1 saturated heterocycles. The predicted molar refractivity (Wildman–Crippen MR) is 116 cm³/mol. The molecule has 0 unspecified atom stereocenters. The van der Waals surface area contributed by atoms with Crippen molar-refractivity contribution in [3.05, 3.63) is 64.0 Å². The van der Waals surface area contributed by atoms with E-state index in [1.54, 1.807) is 36.1 Å². The third kappa shape index (κ3) is 4.45. The molecule has 1 aliphatic heterocycles. The zero-order valence-corrected chi connectivity index (χ0v) is 18.8. The Kier molecular flexibility index (Phi) is 6.02. The van der Waals surface area contributed by atoms with Crippen LogP contribution in [0, 0.1) is 6.92 Å². The van der Waals surface area contributed by atoms with Crippen molar-refractivity contribution in [3.8, 4) is 11.4 Å². The maximum atomic E-state index is 12.9. The lowest BCUT2D eigenvalue weighted by Gasteiger charge is -2.34. The lowest BCUT2D eigenvalue weighted by Crippen LogP contribution is -2.50. The van der Waals surface area contributed by atoms with Crippen LogP contribution in [0.3, 0.4) is 0 Å². The Hall–Kier alpha value is -2.46. The number of nitrogens with zero attached hydrogens (tertiary/aromatic N) is 4. The third-order valence-electron chi connectivity index (χ3n) is 4.97. The minimum Gasteiger partial charge on any atom is -0.339 e. The largest absolute Gasteiger partial charge is 0.339 e. The lowest BCUT2D eigenvalue weighted by molar-refractivity contribution is 0.0698. The molecule has 4 rings (SSSR count). The molecule has 0 aliphatic carbocycles. The molecule has 2 heterocycles. The highest BCUT2D eigenvalue weighted by Crippen LogP contribution is 2.27. The third-order valence-corrected chi connectivity index (χ3v) is 7.61. The molecule has 0 bridgehead atoms. The molecular formula is C20H18Cl2N4O4S. The first kappa shape index (κ1) is 21.8. The number of carbonyl (C=O) groups is 1. The van der Waals surface area contributed by atoms with Gasteiger partial charge in [-0.05, 0) is 30.3 Å². The summed E-state index contributed by atoms with van der Waals surface area (Å²) in [4.78, 5) is 18.7. The molecule has 0 saturated carbocycles. The Morgan fingerprint density at radius 3 is 2.26 bits per heavy atom. The van der Waals surface area contributed by atoms with Crippen molar-refractivity contribution in [1.82, 2.24) is 19.3 Å². The van der Waals surface area contributed by atoms with Gasteiger partial charge in [0.2, 0.25) is 21.7 Å². The number of carbonyl (C=O) groups excluding carboxylic acids is 1. The summed E-state index contributed by atoms with van der Waals surface area (Å²) < 4.78 is 32.1. The van der Waals surface area contributed by atoms with Crippen LogP contribution in [0.4, 0.5) is 0 Å². The fourth-order valence-electron chi connectivity index (χ4n) is 3.28. The van der Waals surface area contributed by atoms with E-state index >= 15 is 0 Å². The van der Waals surface area contributed by atoms with E-state index in [0.29, 0.717) is 17.3 Å². The second kappa shape index (κ2) is 8.58. The normalized spacial score (nSPS) is 15.3. The lowest BCUT2D eigenvalue weighted by atomic mass is 10.1. The maximum Gasteiger partial charge on any atom is 0.253 e. The average molecular weight is 481 g/mol. The van der Waals surface area contributed by atoms with Crippen molar-refractivity contribution in [2.45, 2.75) is 11.8 Å². The van der Waals surface area contributed by atoms with Crippen LogP contribution >= 0.6 is 23.2 Å². The van der Waals surface area contributed by atoms with Gasteiger partial charge in [-0.2, -0.15) is 9.29 Å². The predicted octanol–water partition coefficient (Wildman–Crippen LogP) is 3.50. The van der Waals surface area contributed by atoms with Gasteiger partial charge in [0.15, 0.2) is 0 Å². The molecule has 0 N–H and O–H groups in total. The van der Waals surface area contributed by atoms with E-state index in [2.05, 4.69) is 10.1 Å². The van der Waals surface area contributed by atoms with Crippen LogP contribution < -0.4 is 0 Å². The second-order valence-electron chi connectivity index (χ2n) is 6.99. The van der Waals surface area contributed by atoms with Gasteiger partial charge in [0.05, 0.1) is 14.9 Å². The van der Waals surface area contributed by atoms with Gasteiger partial charge in [-0.3, -0.25) is 4.79 Å². The van der Waals surface area contributed by atoms with E-state index in [0.717, 1.165) is 5.56 Å². The Balaban J connectivity index is 1.42. The highest BCUT2D eigenvalue weighted by Gasteiger charge is 2.30. The maximum absolute atomic E-state index is 12.9. The molecule has 162 valence electrons. The number of benzene rings is 2. The van der Waals surface area contributed by atoms with Gasteiger partial charge in [-0.15, -0.1) is 0 Å². The number of amides is 1. The fraction of sp³-hybridized carbons (Fsp3) is 0.250. The van der Waals surface area contributed by atoms with E-state index in [1.165, 1.54) is 22.5 Å². The zero-order valence-electron chi connectivity index (χ0n) is 16.5. The molecular weight excluding hydrogens is 463 g/mol. The molecule has 2 aromatic carbocycles. The van der Waals surface area contributed by atoms with Crippen molar-refractivity contribution >= 4 is 39.1 Å². The van der Waals surface area contributed by atoms with Gasteiger partial charge in [-0.25, -0.2) is 8.42 Å². The average Bonchev–Trinajstić information content (AvgIpc) is 3.21. The number of hydrogen-bond acceptors (Lipinski definition) is 6. The summed E-state index contributed by atoms with van der Waals surface area (Å²) in [7, 11) is -3.72. The molecule has 1 aliphatic rings. The summed E-state index contributed by atoms with van der Waals surface area (Å²) in [6.45, 7) is 2.65. The van der Waals surface area contributed by atoms with E-state index in [1.807, 2.05) is 0 Å². The van der Waals surface area contributed by atoms with Gasteiger partial charge in [-0.1, -0.05) is 40.5 Å². The van der Waals surface area contributed by atoms with Gasteiger partial charge in [0.25, 0.3) is 5.91 Å². The van der Waals surface area contributed by atoms with Crippen molar-refractivity contribution < 1.29 is 17.7 Å². The standard InChI is InChI=1S/C20H18Cl2N4O4S/c1-13-23-19(24-30-13)14-2-4-15(5-3-14)20(27)25-8-10-26(11-9-25)31(28,29)16-6-7-17(21)18(22)12-16/h2-7,12H,8-11H2,1H3. The minimum absolute atomic E-state index is 0.0777. The second-order valence-corrected chi connectivity index (χ2v) is 9.74. The Bertz CT molecular complexity index is 1220. The molecule has 31 heavy (non-hydrogen) atoms. The number of sulfonamides is 1. The smallest absolute Gasteiger partial charge is 0.253 e. The van der Waals surface area contributed by atoms with Crippen LogP contribution in [0.5, 0.6) is 0 Å². The van der Waals surface area contributed by atoms with Crippen LogP contribution in [0.2, 0.25) is 10.0 Å². The number of hydrogen-bond donors (Lipinski definition) is 0. The van der Waals surface area contributed by atoms with Gasteiger partial charge in [0, 0.05) is 44.2 Å². The molecule has 0 atom stereocenters. The number of aryl methyl sites for hydroxylation is 1. The van der Waals surface area contributed by atoms with Crippen molar-refractivity contribution in [3.63, 3.8) is 0 Å². The van der Waals surface area contributed by atoms with E-state index in [4.69, 9.17) is 27.7 Å². The van der Waals surface area contributed by atoms with Crippen LogP contribution in [-0.4, -0.2) is 59.8 Å².